The first-order valence-corrected chi connectivity index (χ1v) is 10.1. The predicted molar refractivity (Wildman–Crippen MR) is 118 cm³/mol. The van der Waals surface area contributed by atoms with Crippen molar-refractivity contribution in [2.45, 2.75) is 6.04 Å². The van der Waals surface area contributed by atoms with E-state index in [0.717, 1.165) is 13.1 Å². The minimum atomic E-state index is -0.394. The van der Waals surface area contributed by atoms with E-state index in [4.69, 9.17) is 11.5 Å². The third-order valence-electron chi connectivity index (χ3n) is 6.19. The molecule has 5 rings (SSSR count). The van der Waals surface area contributed by atoms with Crippen molar-refractivity contribution in [2.75, 3.05) is 18.4 Å². The first kappa shape index (κ1) is 19.3. The topological polar surface area (TPSA) is 117 Å². The molecule has 1 aliphatic heterocycles. The fraction of sp³-hybridized carbons (Fsp3) is 0.217. The molecule has 1 aliphatic carbocycles. The fourth-order valence-electron chi connectivity index (χ4n) is 4.26. The number of carbonyl (C=O) groups excluding carboxylic acids is 1. The Bertz CT molecular complexity index is 1260. The standard InChI is InChI=1S/C23H22FN5O2/c24-14-3-6-20-13(7-14)8-16(22(30)28-20)19(25)9-27-15-4-1-12(2-5-15)23(31)29-10-17-18(11-29)21(17)26/h1-9,17-18,21,27H,10-11,25-26H2,(H,28,30)/b19-9-/t17-,18+,21+. The van der Waals surface area contributed by atoms with Gasteiger partial charge in [-0.1, -0.05) is 0 Å². The Hall–Kier alpha value is -3.65. The van der Waals surface area contributed by atoms with Gasteiger partial charge in [0, 0.05) is 47.5 Å². The van der Waals surface area contributed by atoms with Crippen LogP contribution in [0, 0.1) is 17.7 Å². The zero-order valence-electron chi connectivity index (χ0n) is 16.6. The number of fused-ring (bicyclic) bond motifs is 2. The zero-order chi connectivity index (χ0) is 21.7. The summed E-state index contributed by atoms with van der Waals surface area (Å²) >= 11 is 0. The van der Waals surface area contributed by atoms with Crippen molar-refractivity contribution in [3.8, 4) is 0 Å². The van der Waals surface area contributed by atoms with Gasteiger partial charge in [-0.3, -0.25) is 9.59 Å². The SMILES string of the molecule is N/C(=C\Nc1ccc(C(=O)N2C[C@@H]3[C@@H](N)[C@@H]3C2)cc1)c1cc2cc(F)ccc2[nH]c1=O. The van der Waals surface area contributed by atoms with Gasteiger partial charge in [0.1, 0.15) is 5.82 Å². The maximum atomic E-state index is 13.5. The van der Waals surface area contributed by atoms with E-state index in [1.54, 1.807) is 30.3 Å². The van der Waals surface area contributed by atoms with Gasteiger partial charge in [-0.2, -0.15) is 0 Å². The van der Waals surface area contributed by atoms with Gasteiger partial charge in [-0.25, -0.2) is 4.39 Å². The molecule has 8 heteroatoms. The molecule has 31 heavy (non-hydrogen) atoms. The molecule has 0 radical (unpaired) electrons. The Morgan fingerprint density at radius 2 is 1.84 bits per heavy atom. The molecule has 0 unspecified atom stereocenters. The van der Waals surface area contributed by atoms with Crippen LogP contribution in [0.3, 0.4) is 0 Å². The molecular formula is C23H22FN5O2. The molecule has 2 fully saturated rings. The number of halogens is 1. The third kappa shape index (κ3) is 3.55. The summed E-state index contributed by atoms with van der Waals surface area (Å²) in [6, 6.07) is 13.0. The van der Waals surface area contributed by atoms with E-state index < -0.39 is 5.82 Å². The average Bonchev–Trinajstić information content (AvgIpc) is 3.16. The number of H-pyrrole nitrogens is 1. The quantitative estimate of drug-likeness (QED) is 0.516. The number of amides is 1. The van der Waals surface area contributed by atoms with E-state index in [9.17, 15) is 14.0 Å². The molecule has 1 aromatic heterocycles. The smallest absolute Gasteiger partial charge is 0.257 e. The van der Waals surface area contributed by atoms with Crippen molar-refractivity contribution in [3.05, 3.63) is 82.0 Å². The molecule has 1 saturated heterocycles. The van der Waals surface area contributed by atoms with Gasteiger partial charge in [0.2, 0.25) is 0 Å². The molecule has 158 valence electrons. The number of aromatic nitrogens is 1. The molecule has 2 aliphatic rings. The minimum absolute atomic E-state index is 0.0101. The van der Waals surface area contributed by atoms with E-state index in [1.807, 2.05) is 4.90 Å². The molecule has 6 N–H and O–H groups in total. The number of carbonyl (C=O) groups is 1. The lowest BCUT2D eigenvalue weighted by molar-refractivity contribution is 0.0773. The molecule has 0 bridgehead atoms. The molecule has 3 aromatic rings. The van der Waals surface area contributed by atoms with E-state index in [-0.39, 0.29) is 28.8 Å². The van der Waals surface area contributed by atoms with Gasteiger partial charge in [0.05, 0.1) is 11.3 Å². The first-order valence-electron chi connectivity index (χ1n) is 10.1. The largest absolute Gasteiger partial charge is 0.397 e. The zero-order valence-corrected chi connectivity index (χ0v) is 16.6. The predicted octanol–water partition coefficient (Wildman–Crippen LogP) is 2.07. The van der Waals surface area contributed by atoms with Gasteiger partial charge in [0.25, 0.3) is 11.5 Å². The summed E-state index contributed by atoms with van der Waals surface area (Å²) in [4.78, 5) is 29.5. The van der Waals surface area contributed by atoms with Crippen LogP contribution >= 0.6 is 0 Å². The summed E-state index contributed by atoms with van der Waals surface area (Å²) in [6.45, 7) is 1.46. The normalized spacial score (nSPS) is 22.5. The highest BCUT2D eigenvalue weighted by atomic mass is 19.1. The molecule has 1 saturated carbocycles. The number of piperidine rings is 1. The number of hydrogen-bond donors (Lipinski definition) is 4. The lowest BCUT2D eigenvalue weighted by Gasteiger charge is -2.19. The van der Waals surface area contributed by atoms with Gasteiger partial charge in [-0.05, 0) is 60.4 Å². The van der Waals surface area contributed by atoms with Gasteiger partial charge >= 0.3 is 0 Å². The van der Waals surface area contributed by atoms with Gasteiger partial charge in [0.15, 0.2) is 0 Å². The number of nitrogens with two attached hydrogens (primary N) is 2. The summed E-state index contributed by atoms with van der Waals surface area (Å²) < 4.78 is 13.5. The number of anilines is 1. The third-order valence-corrected chi connectivity index (χ3v) is 6.19. The molecule has 0 spiro atoms. The van der Waals surface area contributed by atoms with Crippen LogP contribution in [0.25, 0.3) is 16.6 Å². The Balaban J connectivity index is 1.29. The summed E-state index contributed by atoms with van der Waals surface area (Å²) in [5.74, 6) is 0.519. The van der Waals surface area contributed by atoms with Crippen LogP contribution in [0.5, 0.6) is 0 Å². The van der Waals surface area contributed by atoms with Crippen LogP contribution in [0.15, 0.2) is 59.5 Å². The van der Waals surface area contributed by atoms with E-state index in [2.05, 4.69) is 10.3 Å². The second-order valence-corrected chi connectivity index (χ2v) is 8.18. The highest BCUT2D eigenvalue weighted by Crippen LogP contribution is 2.44. The maximum Gasteiger partial charge on any atom is 0.257 e. The van der Waals surface area contributed by atoms with E-state index in [0.29, 0.717) is 34.0 Å². The van der Waals surface area contributed by atoms with Crippen molar-refractivity contribution < 1.29 is 9.18 Å². The van der Waals surface area contributed by atoms with Crippen LogP contribution < -0.4 is 22.3 Å². The van der Waals surface area contributed by atoms with Crippen molar-refractivity contribution in [1.29, 1.82) is 0 Å². The minimum Gasteiger partial charge on any atom is -0.397 e. The number of nitrogens with one attached hydrogen (secondary N) is 2. The Morgan fingerprint density at radius 3 is 2.55 bits per heavy atom. The summed E-state index contributed by atoms with van der Waals surface area (Å²) in [5.41, 5.74) is 14.0. The number of aromatic amines is 1. The lowest BCUT2D eigenvalue weighted by atomic mass is 10.1. The number of rotatable bonds is 4. The van der Waals surface area contributed by atoms with Crippen molar-refractivity contribution in [2.24, 2.45) is 23.3 Å². The number of benzene rings is 2. The molecule has 3 atom stereocenters. The number of hydrogen-bond acceptors (Lipinski definition) is 5. The number of nitrogens with zero attached hydrogens (tertiary/aromatic N) is 1. The highest BCUT2D eigenvalue weighted by molar-refractivity contribution is 5.95. The molecular weight excluding hydrogens is 397 g/mol. The number of pyridine rings is 1. The van der Waals surface area contributed by atoms with Crippen LogP contribution in [-0.4, -0.2) is 34.9 Å². The van der Waals surface area contributed by atoms with Crippen molar-refractivity contribution in [1.82, 2.24) is 9.88 Å². The Labute approximate surface area is 177 Å². The molecule has 2 aromatic carbocycles. The van der Waals surface area contributed by atoms with Crippen molar-refractivity contribution >= 4 is 28.2 Å². The Kier molecular flexibility index (Phi) is 4.51. The fourth-order valence-corrected chi connectivity index (χ4v) is 4.26. The summed E-state index contributed by atoms with van der Waals surface area (Å²) in [5, 5.41) is 3.58. The lowest BCUT2D eigenvalue weighted by Crippen LogP contribution is -2.33. The van der Waals surface area contributed by atoms with E-state index >= 15 is 0 Å². The average molecular weight is 419 g/mol. The van der Waals surface area contributed by atoms with Crippen LogP contribution in [0.2, 0.25) is 0 Å². The summed E-state index contributed by atoms with van der Waals surface area (Å²) in [7, 11) is 0. The monoisotopic (exact) mass is 419 g/mol. The summed E-state index contributed by atoms with van der Waals surface area (Å²) in [6.07, 6.45) is 1.50. The second-order valence-electron chi connectivity index (χ2n) is 8.18. The second kappa shape index (κ2) is 7.24. The highest BCUT2D eigenvalue weighted by Gasteiger charge is 2.54. The number of likely N-dealkylation sites (tertiary alicyclic amines) is 1. The maximum absolute atomic E-state index is 13.5. The molecule has 7 nitrogen and oxygen atoms in total. The first-order chi connectivity index (χ1) is 14.9. The van der Waals surface area contributed by atoms with E-state index in [1.165, 1.54) is 24.4 Å². The van der Waals surface area contributed by atoms with Crippen LogP contribution in [0.4, 0.5) is 10.1 Å². The van der Waals surface area contributed by atoms with Gasteiger partial charge < -0.3 is 26.7 Å². The van der Waals surface area contributed by atoms with Gasteiger partial charge in [-0.15, -0.1) is 0 Å². The van der Waals surface area contributed by atoms with Crippen LogP contribution in [-0.2, 0) is 0 Å². The molecule has 2 heterocycles. The molecule has 1 amide bonds. The van der Waals surface area contributed by atoms with Crippen molar-refractivity contribution in [3.63, 3.8) is 0 Å². The Morgan fingerprint density at radius 1 is 1.13 bits per heavy atom. The van der Waals surface area contributed by atoms with Crippen LogP contribution in [0.1, 0.15) is 15.9 Å².